The van der Waals surface area contributed by atoms with Gasteiger partial charge in [-0.1, -0.05) is 11.6 Å². The average Bonchev–Trinajstić information content (AvgIpc) is 2.38. The number of nitro benzene ring substituents is 1. The third-order valence-electron chi connectivity index (χ3n) is 2.42. The highest BCUT2D eigenvalue weighted by Crippen LogP contribution is 2.28. The molecule has 0 radical (unpaired) electrons. The summed E-state index contributed by atoms with van der Waals surface area (Å²) in [5.41, 5.74) is -0.713. The van der Waals surface area contributed by atoms with Crippen molar-refractivity contribution in [3.8, 4) is 0 Å². The van der Waals surface area contributed by atoms with Crippen molar-refractivity contribution in [2.75, 3.05) is 5.32 Å². The molecule has 0 bridgehead atoms. The van der Waals surface area contributed by atoms with E-state index in [2.05, 4.69) is 10.3 Å². The number of aromatic nitrogens is 1. The first-order valence-corrected chi connectivity index (χ1v) is 5.71. The van der Waals surface area contributed by atoms with Gasteiger partial charge in [-0.25, -0.2) is 4.39 Å². The van der Waals surface area contributed by atoms with Crippen molar-refractivity contribution in [1.29, 1.82) is 0 Å². The summed E-state index contributed by atoms with van der Waals surface area (Å²) >= 11 is 5.72. The number of nitrogens with zero attached hydrogens (tertiary/aromatic N) is 2. The van der Waals surface area contributed by atoms with Gasteiger partial charge < -0.3 is 5.32 Å². The molecule has 0 unspecified atom stereocenters. The second-order valence-electron chi connectivity index (χ2n) is 3.73. The minimum absolute atomic E-state index is 0.108. The van der Waals surface area contributed by atoms with Crippen LogP contribution in [0.5, 0.6) is 0 Å². The second kappa shape index (κ2) is 5.62. The topological polar surface area (TPSA) is 85.1 Å². The van der Waals surface area contributed by atoms with E-state index in [1.807, 2.05) is 0 Å². The smallest absolute Gasteiger partial charge is 0.292 e. The highest BCUT2D eigenvalue weighted by molar-refractivity contribution is 6.31. The fourth-order valence-electron chi connectivity index (χ4n) is 1.52. The Kier molecular flexibility index (Phi) is 3.90. The lowest BCUT2D eigenvalue weighted by atomic mass is 10.2. The number of nitro groups is 1. The monoisotopic (exact) mass is 295 g/mol. The van der Waals surface area contributed by atoms with E-state index in [0.29, 0.717) is 0 Å². The Bertz CT molecular complexity index is 693. The number of rotatable bonds is 3. The summed E-state index contributed by atoms with van der Waals surface area (Å²) in [4.78, 5) is 25.6. The molecule has 0 aliphatic carbocycles. The van der Waals surface area contributed by atoms with Crippen LogP contribution < -0.4 is 5.32 Å². The van der Waals surface area contributed by atoms with Crippen LogP contribution in [0.25, 0.3) is 0 Å². The third kappa shape index (κ3) is 2.89. The number of carbonyl (C=O) groups is 1. The number of nitrogens with one attached hydrogen (secondary N) is 1. The van der Waals surface area contributed by atoms with Crippen LogP contribution in [0.4, 0.5) is 15.8 Å². The molecule has 0 atom stereocenters. The molecule has 1 aromatic heterocycles. The maximum absolute atomic E-state index is 13.4. The first-order valence-electron chi connectivity index (χ1n) is 5.34. The van der Waals surface area contributed by atoms with Crippen LogP contribution in [0.15, 0.2) is 36.7 Å². The summed E-state index contributed by atoms with van der Waals surface area (Å²) in [6.07, 6.45) is 2.12. The molecule has 0 saturated heterocycles. The van der Waals surface area contributed by atoms with E-state index in [9.17, 15) is 19.3 Å². The van der Waals surface area contributed by atoms with Gasteiger partial charge in [-0.2, -0.15) is 0 Å². The number of carbonyl (C=O) groups excluding carboxylic acids is 1. The van der Waals surface area contributed by atoms with Crippen molar-refractivity contribution >= 4 is 28.9 Å². The Morgan fingerprint density at radius 1 is 1.40 bits per heavy atom. The number of halogens is 2. The average molecular weight is 296 g/mol. The summed E-state index contributed by atoms with van der Waals surface area (Å²) in [5.74, 6) is -1.65. The van der Waals surface area contributed by atoms with Crippen molar-refractivity contribution in [1.82, 2.24) is 4.98 Å². The van der Waals surface area contributed by atoms with Crippen LogP contribution in [0.2, 0.25) is 5.02 Å². The van der Waals surface area contributed by atoms with Crippen LogP contribution >= 0.6 is 11.6 Å². The third-order valence-corrected chi connectivity index (χ3v) is 2.66. The van der Waals surface area contributed by atoms with E-state index in [-0.39, 0.29) is 22.0 Å². The molecule has 1 aromatic carbocycles. The molecule has 1 heterocycles. The summed E-state index contributed by atoms with van der Waals surface area (Å²) < 4.78 is 13.4. The predicted octanol–water partition coefficient (Wildman–Crippen LogP) is 3.03. The fraction of sp³-hybridized carbons (Fsp3) is 0. The van der Waals surface area contributed by atoms with E-state index < -0.39 is 16.6 Å². The van der Waals surface area contributed by atoms with Gasteiger partial charge in [0, 0.05) is 17.3 Å². The summed E-state index contributed by atoms with van der Waals surface area (Å²) in [7, 11) is 0. The number of benzene rings is 1. The molecule has 102 valence electrons. The molecule has 1 N–H and O–H groups in total. The maximum atomic E-state index is 13.4. The molecule has 20 heavy (non-hydrogen) atoms. The Balaban J connectivity index is 2.35. The first kappa shape index (κ1) is 13.9. The van der Waals surface area contributed by atoms with E-state index in [1.165, 1.54) is 24.4 Å². The zero-order chi connectivity index (χ0) is 14.7. The van der Waals surface area contributed by atoms with Crippen LogP contribution in [0.1, 0.15) is 10.4 Å². The van der Waals surface area contributed by atoms with E-state index >= 15 is 0 Å². The standard InChI is InChI=1S/C12H7ClFN3O3/c13-7-1-2-11(17(19)20)10(5-7)16-12(18)8-3-4-15-6-9(8)14/h1-6H,(H,16,18). The molecule has 8 heteroatoms. The van der Waals surface area contributed by atoms with Crippen molar-refractivity contribution in [2.24, 2.45) is 0 Å². The molecule has 0 saturated carbocycles. The van der Waals surface area contributed by atoms with Gasteiger partial charge in [-0.15, -0.1) is 0 Å². The van der Waals surface area contributed by atoms with Crippen LogP contribution in [-0.2, 0) is 0 Å². The largest absolute Gasteiger partial charge is 0.316 e. The zero-order valence-electron chi connectivity index (χ0n) is 9.84. The SMILES string of the molecule is O=C(Nc1cc(Cl)ccc1[N+](=O)[O-])c1ccncc1F. The van der Waals surface area contributed by atoms with Crippen LogP contribution in [0.3, 0.4) is 0 Å². The second-order valence-corrected chi connectivity index (χ2v) is 4.16. The molecule has 0 spiro atoms. The number of anilines is 1. The van der Waals surface area contributed by atoms with Gasteiger partial charge in [-0.05, 0) is 18.2 Å². The van der Waals surface area contributed by atoms with Gasteiger partial charge in [0.15, 0.2) is 5.82 Å². The van der Waals surface area contributed by atoms with Gasteiger partial charge >= 0.3 is 0 Å². The summed E-state index contributed by atoms with van der Waals surface area (Å²) in [5, 5.41) is 13.3. The number of amides is 1. The minimum atomic E-state index is -0.824. The summed E-state index contributed by atoms with van der Waals surface area (Å²) in [6.45, 7) is 0. The molecule has 1 amide bonds. The number of hydrogen-bond donors (Lipinski definition) is 1. The molecule has 0 aliphatic rings. The maximum Gasteiger partial charge on any atom is 0.292 e. The molecule has 2 rings (SSSR count). The quantitative estimate of drug-likeness (QED) is 0.696. The van der Waals surface area contributed by atoms with Crippen molar-refractivity contribution in [2.45, 2.75) is 0 Å². The Morgan fingerprint density at radius 3 is 2.80 bits per heavy atom. The molecular weight excluding hydrogens is 289 g/mol. The van der Waals surface area contributed by atoms with Gasteiger partial charge in [0.05, 0.1) is 16.7 Å². The molecule has 0 fully saturated rings. The lowest BCUT2D eigenvalue weighted by Crippen LogP contribution is -2.15. The lowest BCUT2D eigenvalue weighted by Gasteiger charge is -2.06. The fourth-order valence-corrected chi connectivity index (χ4v) is 1.69. The highest BCUT2D eigenvalue weighted by Gasteiger charge is 2.18. The van der Waals surface area contributed by atoms with Crippen LogP contribution in [0, 0.1) is 15.9 Å². The normalized spacial score (nSPS) is 10.1. The highest BCUT2D eigenvalue weighted by atomic mass is 35.5. The van der Waals surface area contributed by atoms with Gasteiger partial charge in [0.25, 0.3) is 11.6 Å². The Labute approximate surface area is 117 Å². The molecule has 2 aromatic rings. The van der Waals surface area contributed by atoms with Crippen LogP contribution in [-0.4, -0.2) is 15.8 Å². The van der Waals surface area contributed by atoms with Gasteiger partial charge in [0.1, 0.15) is 5.69 Å². The Hall–Kier alpha value is -2.54. The Morgan fingerprint density at radius 2 is 2.15 bits per heavy atom. The van der Waals surface area contributed by atoms with Gasteiger partial charge in [0.2, 0.25) is 0 Å². The van der Waals surface area contributed by atoms with Crippen molar-refractivity contribution in [3.05, 3.63) is 63.2 Å². The predicted molar refractivity (Wildman–Crippen MR) is 70.3 cm³/mol. The first-order chi connectivity index (χ1) is 9.49. The van der Waals surface area contributed by atoms with E-state index in [4.69, 9.17) is 11.6 Å². The van der Waals surface area contributed by atoms with Crippen molar-refractivity contribution < 1.29 is 14.1 Å². The number of hydrogen-bond acceptors (Lipinski definition) is 4. The van der Waals surface area contributed by atoms with E-state index in [1.54, 1.807) is 0 Å². The lowest BCUT2D eigenvalue weighted by molar-refractivity contribution is -0.383. The molecule has 6 nitrogen and oxygen atoms in total. The zero-order valence-corrected chi connectivity index (χ0v) is 10.6. The minimum Gasteiger partial charge on any atom is -0.316 e. The van der Waals surface area contributed by atoms with E-state index in [0.717, 1.165) is 12.3 Å². The molecule has 0 aliphatic heterocycles. The van der Waals surface area contributed by atoms with Crippen molar-refractivity contribution in [3.63, 3.8) is 0 Å². The van der Waals surface area contributed by atoms with Gasteiger partial charge in [-0.3, -0.25) is 19.9 Å². The summed E-state index contributed by atoms with van der Waals surface area (Å²) in [6, 6.07) is 4.86. The number of pyridine rings is 1. The molecular formula is C12H7ClFN3O3.